The Morgan fingerprint density at radius 3 is 2.82 bits per heavy atom. The Balaban J connectivity index is 1.63. The molecule has 7 heteroatoms. The van der Waals surface area contributed by atoms with Crippen molar-refractivity contribution in [1.82, 2.24) is 10.2 Å². The Morgan fingerprint density at radius 2 is 2.11 bits per heavy atom. The van der Waals surface area contributed by atoms with E-state index in [9.17, 15) is 4.79 Å². The van der Waals surface area contributed by atoms with Gasteiger partial charge in [-0.3, -0.25) is 9.69 Å². The number of ether oxygens (including phenoxy) is 2. The Bertz CT molecular complexity index is 893. The first-order valence-corrected chi connectivity index (χ1v) is 10.6. The number of rotatable bonds is 5. The minimum Gasteiger partial charge on any atom is -0.493 e. The summed E-state index contributed by atoms with van der Waals surface area (Å²) >= 11 is 1.71. The second kappa shape index (κ2) is 7.64. The highest BCUT2D eigenvalue weighted by molar-refractivity contribution is 7.16. The summed E-state index contributed by atoms with van der Waals surface area (Å²) < 4.78 is 11.1. The highest BCUT2D eigenvalue weighted by atomic mass is 32.1. The van der Waals surface area contributed by atoms with Crippen LogP contribution in [-0.4, -0.2) is 37.1 Å². The number of thiophene rings is 1. The SMILES string of the molecule is CCOc1cc([C@H]2NC(=O)c3c(sc4c3CCN(C(C)C)C4)N2)ccc1OC. The molecule has 28 heavy (non-hydrogen) atoms. The number of hydrogen-bond acceptors (Lipinski definition) is 6. The molecule has 6 nitrogen and oxygen atoms in total. The molecule has 1 aromatic carbocycles. The van der Waals surface area contributed by atoms with E-state index in [2.05, 4.69) is 29.4 Å². The average Bonchev–Trinajstić information content (AvgIpc) is 3.06. The van der Waals surface area contributed by atoms with Crippen LogP contribution in [0.2, 0.25) is 0 Å². The smallest absolute Gasteiger partial charge is 0.256 e. The molecule has 0 saturated carbocycles. The number of hydrogen-bond donors (Lipinski definition) is 2. The van der Waals surface area contributed by atoms with E-state index >= 15 is 0 Å². The molecule has 1 amide bonds. The summed E-state index contributed by atoms with van der Waals surface area (Å²) in [6.07, 6.45) is 0.641. The normalized spacial score (nSPS) is 18.9. The lowest BCUT2D eigenvalue weighted by Gasteiger charge is -2.31. The largest absolute Gasteiger partial charge is 0.493 e. The minimum atomic E-state index is -0.286. The number of nitrogens with one attached hydrogen (secondary N) is 2. The van der Waals surface area contributed by atoms with Gasteiger partial charge in [-0.05, 0) is 50.5 Å². The zero-order chi connectivity index (χ0) is 19.8. The van der Waals surface area contributed by atoms with Gasteiger partial charge in [-0.2, -0.15) is 0 Å². The van der Waals surface area contributed by atoms with E-state index in [1.54, 1.807) is 18.4 Å². The minimum absolute atomic E-state index is 0.00280. The quantitative estimate of drug-likeness (QED) is 0.798. The first-order chi connectivity index (χ1) is 13.5. The second-order valence-electron chi connectivity index (χ2n) is 7.42. The summed E-state index contributed by atoms with van der Waals surface area (Å²) in [5.41, 5.74) is 2.99. The Hall–Kier alpha value is -2.25. The molecule has 2 aliphatic heterocycles. The molecule has 1 aromatic heterocycles. The summed E-state index contributed by atoms with van der Waals surface area (Å²) in [6, 6.07) is 6.28. The first-order valence-electron chi connectivity index (χ1n) is 9.78. The van der Waals surface area contributed by atoms with Crippen LogP contribution < -0.4 is 20.1 Å². The molecule has 0 unspecified atom stereocenters. The van der Waals surface area contributed by atoms with E-state index in [1.807, 2.05) is 25.1 Å². The van der Waals surface area contributed by atoms with Gasteiger partial charge in [-0.25, -0.2) is 0 Å². The molecule has 0 spiro atoms. The third-order valence-electron chi connectivity index (χ3n) is 5.42. The van der Waals surface area contributed by atoms with Gasteiger partial charge in [0.15, 0.2) is 11.5 Å². The number of benzene rings is 1. The molecule has 0 aliphatic carbocycles. The maximum Gasteiger partial charge on any atom is 0.256 e. The molecule has 0 fully saturated rings. The van der Waals surface area contributed by atoms with Crippen LogP contribution in [0.4, 0.5) is 5.00 Å². The molecule has 0 radical (unpaired) electrons. The van der Waals surface area contributed by atoms with Crippen molar-refractivity contribution in [2.24, 2.45) is 0 Å². The van der Waals surface area contributed by atoms with Crippen LogP contribution in [0.15, 0.2) is 18.2 Å². The maximum absolute atomic E-state index is 12.9. The van der Waals surface area contributed by atoms with Gasteiger partial charge in [0.05, 0.1) is 19.3 Å². The number of carbonyl (C=O) groups excluding carboxylic acids is 1. The van der Waals surface area contributed by atoms with Gasteiger partial charge >= 0.3 is 0 Å². The molecule has 4 rings (SSSR count). The van der Waals surface area contributed by atoms with Crippen molar-refractivity contribution in [3.63, 3.8) is 0 Å². The van der Waals surface area contributed by atoms with E-state index in [4.69, 9.17) is 9.47 Å². The van der Waals surface area contributed by atoms with Crippen LogP contribution in [0.5, 0.6) is 11.5 Å². The molecule has 2 aliphatic rings. The van der Waals surface area contributed by atoms with Crippen LogP contribution in [-0.2, 0) is 13.0 Å². The van der Waals surface area contributed by atoms with Crippen LogP contribution in [0.25, 0.3) is 0 Å². The van der Waals surface area contributed by atoms with Crippen molar-refractivity contribution in [3.05, 3.63) is 39.8 Å². The average molecular weight is 402 g/mol. The molecular formula is C21H27N3O3S. The van der Waals surface area contributed by atoms with E-state index in [0.29, 0.717) is 24.1 Å². The standard InChI is InChI=1S/C21H27N3O3S/c1-5-27-16-10-13(6-7-15(16)26-4)19-22-20(25)18-14-8-9-24(12(2)3)11-17(14)28-21(18)23-19/h6-7,10,12,19,23H,5,8-9,11H2,1-4H3,(H,22,25)/t19-/m0/s1. The number of anilines is 1. The van der Waals surface area contributed by atoms with Crippen LogP contribution in [0, 0.1) is 0 Å². The summed E-state index contributed by atoms with van der Waals surface area (Å²) in [5, 5.41) is 7.61. The summed E-state index contributed by atoms with van der Waals surface area (Å²) in [7, 11) is 1.63. The number of amides is 1. The third kappa shape index (κ3) is 3.33. The van der Waals surface area contributed by atoms with Gasteiger partial charge in [-0.1, -0.05) is 6.07 Å². The number of fused-ring (bicyclic) bond motifs is 3. The Kier molecular flexibility index (Phi) is 5.21. The van der Waals surface area contributed by atoms with Crippen molar-refractivity contribution in [3.8, 4) is 11.5 Å². The Morgan fingerprint density at radius 1 is 1.29 bits per heavy atom. The second-order valence-corrected chi connectivity index (χ2v) is 8.52. The zero-order valence-corrected chi connectivity index (χ0v) is 17.6. The van der Waals surface area contributed by atoms with Crippen LogP contribution >= 0.6 is 11.3 Å². The monoisotopic (exact) mass is 401 g/mol. The van der Waals surface area contributed by atoms with Crippen molar-refractivity contribution in [1.29, 1.82) is 0 Å². The predicted molar refractivity (Wildman–Crippen MR) is 112 cm³/mol. The summed E-state index contributed by atoms with van der Waals surface area (Å²) in [6.45, 7) is 8.86. The van der Waals surface area contributed by atoms with E-state index in [1.165, 1.54) is 10.4 Å². The van der Waals surface area contributed by atoms with Crippen LogP contribution in [0.1, 0.15) is 53.3 Å². The van der Waals surface area contributed by atoms with E-state index < -0.39 is 0 Å². The van der Waals surface area contributed by atoms with Gasteiger partial charge < -0.3 is 20.1 Å². The lowest BCUT2D eigenvalue weighted by Crippen LogP contribution is -2.39. The van der Waals surface area contributed by atoms with Gasteiger partial charge in [0.2, 0.25) is 0 Å². The fraction of sp³-hybridized carbons (Fsp3) is 0.476. The summed E-state index contributed by atoms with van der Waals surface area (Å²) in [4.78, 5) is 16.7. The lowest BCUT2D eigenvalue weighted by atomic mass is 9.99. The van der Waals surface area contributed by atoms with Gasteiger partial charge in [-0.15, -0.1) is 11.3 Å². The molecule has 2 N–H and O–H groups in total. The molecular weight excluding hydrogens is 374 g/mol. The molecule has 0 bridgehead atoms. The molecule has 3 heterocycles. The van der Waals surface area contributed by atoms with Gasteiger partial charge in [0.1, 0.15) is 11.2 Å². The Labute approximate surface area is 169 Å². The van der Waals surface area contributed by atoms with E-state index in [0.717, 1.165) is 35.6 Å². The highest BCUT2D eigenvalue weighted by Gasteiger charge is 2.33. The number of methoxy groups -OCH3 is 1. The molecule has 0 saturated heterocycles. The first kappa shape index (κ1) is 19.1. The van der Waals surface area contributed by atoms with Crippen molar-refractivity contribution < 1.29 is 14.3 Å². The molecule has 2 aromatic rings. The lowest BCUT2D eigenvalue weighted by molar-refractivity contribution is 0.0934. The van der Waals surface area contributed by atoms with Crippen molar-refractivity contribution >= 4 is 22.2 Å². The van der Waals surface area contributed by atoms with Crippen LogP contribution in [0.3, 0.4) is 0 Å². The number of carbonyl (C=O) groups is 1. The highest BCUT2D eigenvalue weighted by Crippen LogP contribution is 2.41. The van der Waals surface area contributed by atoms with E-state index in [-0.39, 0.29) is 12.1 Å². The maximum atomic E-state index is 12.9. The molecule has 1 atom stereocenters. The topological polar surface area (TPSA) is 62.8 Å². The zero-order valence-electron chi connectivity index (χ0n) is 16.8. The van der Waals surface area contributed by atoms with Crippen molar-refractivity contribution in [2.75, 3.05) is 25.6 Å². The third-order valence-corrected chi connectivity index (χ3v) is 6.56. The molecule has 150 valence electrons. The van der Waals surface area contributed by atoms with Gasteiger partial charge in [0.25, 0.3) is 5.91 Å². The fourth-order valence-electron chi connectivity index (χ4n) is 3.88. The summed E-state index contributed by atoms with van der Waals surface area (Å²) in [5.74, 6) is 1.37. The predicted octanol–water partition coefficient (Wildman–Crippen LogP) is 3.78. The van der Waals surface area contributed by atoms with Gasteiger partial charge in [0, 0.05) is 24.0 Å². The fourth-order valence-corrected chi connectivity index (χ4v) is 5.18. The van der Waals surface area contributed by atoms with Crippen molar-refractivity contribution in [2.45, 2.75) is 45.9 Å². The number of nitrogens with zero attached hydrogens (tertiary/aromatic N) is 1.